The molecule has 0 unspecified atom stereocenters. The SMILES string of the molecule is CCN(CC)S(=O)(=O)c1ccc(C(=O)N[C@@H]2CC(=O)N(c3ccc4c(c3)OCCO4)C2)cc1. The zero-order valence-corrected chi connectivity index (χ0v) is 19.4. The van der Waals surface area contributed by atoms with E-state index in [0.717, 1.165) is 0 Å². The summed E-state index contributed by atoms with van der Waals surface area (Å²) in [5.41, 5.74) is 1.02. The number of hydrogen-bond acceptors (Lipinski definition) is 6. The maximum atomic E-state index is 12.7. The zero-order valence-electron chi connectivity index (χ0n) is 18.6. The highest BCUT2D eigenvalue weighted by atomic mass is 32.2. The van der Waals surface area contributed by atoms with Gasteiger partial charge >= 0.3 is 0 Å². The lowest BCUT2D eigenvalue weighted by molar-refractivity contribution is -0.117. The summed E-state index contributed by atoms with van der Waals surface area (Å²) in [5.74, 6) is 0.785. The molecule has 1 fully saturated rings. The molecule has 0 saturated carbocycles. The van der Waals surface area contributed by atoms with Gasteiger partial charge in [0.05, 0.1) is 10.9 Å². The van der Waals surface area contributed by atoms with Crippen molar-refractivity contribution < 1.29 is 27.5 Å². The minimum Gasteiger partial charge on any atom is -0.486 e. The van der Waals surface area contributed by atoms with Crippen molar-refractivity contribution in [2.75, 3.05) is 37.7 Å². The number of nitrogens with zero attached hydrogens (tertiary/aromatic N) is 2. The predicted octanol–water partition coefficient (Wildman–Crippen LogP) is 2.02. The van der Waals surface area contributed by atoms with E-state index in [0.29, 0.717) is 55.6 Å². The van der Waals surface area contributed by atoms with Gasteiger partial charge in [0, 0.05) is 43.4 Å². The van der Waals surface area contributed by atoms with Gasteiger partial charge in [0.15, 0.2) is 11.5 Å². The number of ether oxygens (including phenoxy) is 2. The Balaban J connectivity index is 1.42. The van der Waals surface area contributed by atoms with E-state index in [4.69, 9.17) is 9.47 Å². The molecule has 2 aliphatic heterocycles. The topological polar surface area (TPSA) is 105 Å². The van der Waals surface area contributed by atoms with Crippen LogP contribution >= 0.6 is 0 Å². The minimum atomic E-state index is -3.59. The standard InChI is InChI=1S/C23H27N3O6S/c1-3-25(4-2)33(29,30)19-8-5-16(6-9-19)23(28)24-17-13-22(27)26(15-17)18-7-10-20-21(14-18)32-12-11-31-20/h5-10,14,17H,3-4,11-13,15H2,1-2H3,(H,24,28)/t17-/m1/s1. The van der Waals surface area contributed by atoms with Gasteiger partial charge in [0.2, 0.25) is 15.9 Å². The molecule has 9 nitrogen and oxygen atoms in total. The maximum Gasteiger partial charge on any atom is 0.251 e. The van der Waals surface area contributed by atoms with Crippen molar-refractivity contribution in [1.29, 1.82) is 0 Å². The number of nitrogens with one attached hydrogen (secondary N) is 1. The van der Waals surface area contributed by atoms with E-state index in [1.807, 2.05) is 0 Å². The molecule has 1 saturated heterocycles. The van der Waals surface area contributed by atoms with Gasteiger partial charge in [-0.3, -0.25) is 9.59 Å². The summed E-state index contributed by atoms with van der Waals surface area (Å²) in [7, 11) is -3.59. The van der Waals surface area contributed by atoms with Crippen LogP contribution in [-0.4, -0.2) is 63.4 Å². The molecule has 2 amide bonds. The molecule has 2 aliphatic rings. The molecule has 2 heterocycles. The van der Waals surface area contributed by atoms with Gasteiger partial charge in [-0.1, -0.05) is 13.8 Å². The summed E-state index contributed by atoms with van der Waals surface area (Å²) in [6.07, 6.45) is 0.175. The molecule has 4 rings (SSSR count). The molecule has 0 aromatic heterocycles. The molecule has 33 heavy (non-hydrogen) atoms. The van der Waals surface area contributed by atoms with Crippen molar-refractivity contribution in [1.82, 2.24) is 9.62 Å². The fourth-order valence-corrected chi connectivity index (χ4v) is 5.47. The monoisotopic (exact) mass is 473 g/mol. The van der Waals surface area contributed by atoms with E-state index in [-0.39, 0.29) is 29.2 Å². The lowest BCUT2D eigenvalue weighted by Crippen LogP contribution is -2.37. The average molecular weight is 474 g/mol. The van der Waals surface area contributed by atoms with E-state index in [9.17, 15) is 18.0 Å². The minimum absolute atomic E-state index is 0.0994. The average Bonchev–Trinajstić information content (AvgIpc) is 3.19. The van der Waals surface area contributed by atoms with Gasteiger partial charge in [-0.05, 0) is 36.4 Å². The third-order valence-corrected chi connectivity index (χ3v) is 7.82. The summed E-state index contributed by atoms with van der Waals surface area (Å²) < 4.78 is 37.7. The highest BCUT2D eigenvalue weighted by molar-refractivity contribution is 7.89. The van der Waals surface area contributed by atoms with Crippen molar-refractivity contribution in [2.24, 2.45) is 0 Å². The normalized spacial score (nSPS) is 18.0. The molecule has 0 aliphatic carbocycles. The predicted molar refractivity (Wildman–Crippen MR) is 122 cm³/mol. The van der Waals surface area contributed by atoms with Crippen LogP contribution in [-0.2, 0) is 14.8 Å². The van der Waals surface area contributed by atoms with Gasteiger partial charge < -0.3 is 19.7 Å². The molecule has 176 valence electrons. The Labute approximate surface area is 193 Å². The van der Waals surface area contributed by atoms with E-state index in [1.54, 1.807) is 36.9 Å². The quantitative estimate of drug-likeness (QED) is 0.660. The second kappa shape index (κ2) is 9.40. The molecule has 0 bridgehead atoms. The van der Waals surface area contributed by atoms with Crippen molar-refractivity contribution in [3.8, 4) is 11.5 Å². The van der Waals surface area contributed by atoms with Gasteiger partial charge in [0.25, 0.3) is 5.91 Å². The molecule has 1 atom stereocenters. The number of amides is 2. The Morgan fingerprint density at radius 2 is 1.73 bits per heavy atom. The van der Waals surface area contributed by atoms with Crippen LogP contribution in [0.2, 0.25) is 0 Å². The number of fused-ring (bicyclic) bond motifs is 1. The van der Waals surface area contributed by atoms with Gasteiger partial charge in [-0.25, -0.2) is 8.42 Å². The number of rotatable bonds is 7. The van der Waals surface area contributed by atoms with Crippen LogP contribution in [0.25, 0.3) is 0 Å². The number of sulfonamides is 1. The zero-order chi connectivity index (χ0) is 23.6. The van der Waals surface area contributed by atoms with E-state index in [2.05, 4.69) is 5.32 Å². The van der Waals surface area contributed by atoms with E-state index < -0.39 is 10.0 Å². The third-order valence-electron chi connectivity index (χ3n) is 5.76. The van der Waals surface area contributed by atoms with Crippen molar-refractivity contribution >= 4 is 27.5 Å². The van der Waals surface area contributed by atoms with Crippen LogP contribution in [0.5, 0.6) is 11.5 Å². The lowest BCUT2D eigenvalue weighted by Gasteiger charge is -2.22. The summed E-state index contributed by atoms with van der Waals surface area (Å²) in [5, 5.41) is 2.87. The van der Waals surface area contributed by atoms with Crippen LogP contribution in [0, 0.1) is 0 Å². The van der Waals surface area contributed by atoms with Crippen LogP contribution in [0.3, 0.4) is 0 Å². The van der Waals surface area contributed by atoms with Crippen LogP contribution in [0.1, 0.15) is 30.6 Å². The highest BCUT2D eigenvalue weighted by Gasteiger charge is 2.32. The first-order chi connectivity index (χ1) is 15.8. The Hall–Kier alpha value is -3.11. The highest BCUT2D eigenvalue weighted by Crippen LogP contribution is 2.35. The number of benzene rings is 2. The smallest absolute Gasteiger partial charge is 0.251 e. The molecular weight excluding hydrogens is 446 g/mol. The van der Waals surface area contributed by atoms with Crippen LogP contribution in [0.15, 0.2) is 47.4 Å². The van der Waals surface area contributed by atoms with Crippen molar-refractivity contribution in [3.05, 3.63) is 48.0 Å². The second-order valence-electron chi connectivity index (χ2n) is 7.82. The first-order valence-corrected chi connectivity index (χ1v) is 12.4. The molecule has 2 aromatic carbocycles. The van der Waals surface area contributed by atoms with E-state index in [1.165, 1.54) is 28.6 Å². The second-order valence-corrected chi connectivity index (χ2v) is 9.76. The number of carbonyl (C=O) groups excluding carboxylic acids is 2. The summed E-state index contributed by atoms with van der Waals surface area (Å²) in [6.45, 7) is 5.58. The molecular formula is C23H27N3O6S. The van der Waals surface area contributed by atoms with Gasteiger partial charge in [-0.15, -0.1) is 0 Å². The van der Waals surface area contributed by atoms with Crippen molar-refractivity contribution in [3.63, 3.8) is 0 Å². The Morgan fingerprint density at radius 3 is 2.39 bits per heavy atom. The van der Waals surface area contributed by atoms with Gasteiger partial charge in [-0.2, -0.15) is 4.31 Å². The molecule has 1 N–H and O–H groups in total. The fraction of sp³-hybridized carbons (Fsp3) is 0.391. The maximum absolute atomic E-state index is 12.7. The first-order valence-electron chi connectivity index (χ1n) is 10.9. The Morgan fingerprint density at radius 1 is 1.06 bits per heavy atom. The Kier molecular flexibility index (Phi) is 6.57. The molecule has 0 radical (unpaired) electrons. The van der Waals surface area contributed by atoms with Gasteiger partial charge in [0.1, 0.15) is 13.2 Å². The lowest BCUT2D eigenvalue weighted by atomic mass is 10.2. The van der Waals surface area contributed by atoms with E-state index >= 15 is 0 Å². The third kappa shape index (κ3) is 4.67. The van der Waals surface area contributed by atoms with Crippen LogP contribution < -0.4 is 19.7 Å². The van der Waals surface area contributed by atoms with Crippen LogP contribution in [0.4, 0.5) is 5.69 Å². The molecule has 0 spiro atoms. The van der Waals surface area contributed by atoms with Crippen molar-refractivity contribution in [2.45, 2.75) is 31.2 Å². The Bertz CT molecular complexity index is 1150. The summed E-state index contributed by atoms with van der Waals surface area (Å²) >= 11 is 0. The number of anilines is 1. The largest absolute Gasteiger partial charge is 0.486 e. The fourth-order valence-electron chi connectivity index (χ4n) is 4.01. The molecule has 10 heteroatoms. The number of carbonyl (C=O) groups is 2. The molecule has 2 aromatic rings. The number of hydrogen-bond donors (Lipinski definition) is 1. The first kappa shape index (κ1) is 23.1. The summed E-state index contributed by atoms with van der Waals surface area (Å²) in [4.78, 5) is 27.0. The summed E-state index contributed by atoms with van der Waals surface area (Å²) in [6, 6.07) is 10.8.